The molecular formula is C16H23N3O3. The maximum atomic E-state index is 12.1. The third kappa shape index (κ3) is 3.32. The molecule has 0 bridgehead atoms. The van der Waals surface area contributed by atoms with Gasteiger partial charge in [-0.15, -0.1) is 0 Å². The van der Waals surface area contributed by atoms with Gasteiger partial charge in [0.05, 0.1) is 13.5 Å². The number of aromatic nitrogens is 1. The molecule has 0 unspecified atom stereocenters. The van der Waals surface area contributed by atoms with Crippen LogP contribution in [0, 0.1) is 11.8 Å². The zero-order chi connectivity index (χ0) is 15.5. The van der Waals surface area contributed by atoms with Crippen LogP contribution >= 0.6 is 0 Å². The Morgan fingerprint density at radius 1 is 1.23 bits per heavy atom. The Bertz CT molecular complexity index is 515. The van der Waals surface area contributed by atoms with Gasteiger partial charge in [-0.1, -0.05) is 0 Å². The van der Waals surface area contributed by atoms with Crippen LogP contribution < -0.4 is 0 Å². The molecule has 0 aromatic carbocycles. The van der Waals surface area contributed by atoms with Gasteiger partial charge in [0.25, 0.3) is 0 Å². The Morgan fingerprint density at radius 3 is 2.55 bits per heavy atom. The summed E-state index contributed by atoms with van der Waals surface area (Å²) in [4.78, 5) is 30.9. The highest BCUT2D eigenvalue weighted by molar-refractivity contribution is 5.81. The molecule has 2 saturated heterocycles. The number of amides is 1. The number of hydrogen-bond acceptors (Lipinski definition) is 4. The van der Waals surface area contributed by atoms with Crippen LogP contribution in [0.1, 0.15) is 18.5 Å². The van der Waals surface area contributed by atoms with Crippen LogP contribution in [0.25, 0.3) is 0 Å². The fraction of sp³-hybridized carbons (Fsp3) is 0.625. The summed E-state index contributed by atoms with van der Waals surface area (Å²) >= 11 is 0. The predicted molar refractivity (Wildman–Crippen MR) is 80.9 cm³/mol. The highest BCUT2D eigenvalue weighted by atomic mass is 16.5. The summed E-state index contributed by atoms with van der Waals surface area (Å²) in [5, 5.41) is 0. The molecule has 1 amide bonds. The molecule has 2 fully saturated rings. The van der Waals surface area contributed by atoms with Crippen molar-refractivity contribution < 1.29 is 14.3 Å². The lowest BCUT2D eigenvalue weighted by molar-refractivity contribution is -0.143. The normalized spacial score (nSPS) is 24.5. The van der Waals surface area contributed by atoms with Gasteiger partial charge < -0.3 is 14.6 Å². The zero-order valence-electron chi connectivity index (χ0n) is 13.0. The summed E-state index contributed by atoms with van der Waals surface area (Å²) in [5.74, 6) is 0.898. The molecule has 1 aromatic heterocycles. The first-order chi connectivity index (χ1) is 10.7. The largest absolute Gasteiger partial charge is 0.469 e. The summed E-state index contributed by atoms with van der Waals surface area (Å²) in [7, 11) is 1.35. The minimum absolute atomic E-state index is 0.0794. The monoisotopic (exact) mass is 305 g/mol. The number of carbonyl (C=O) groups is 2. The third-order valence-corrected chi connectivity index (χ3v) is 4.74. The van der Waals surface area contributed by atoms with E-state index < -0.39 is 0 Å². The van der Waals surface area contributed by atoms with E-state index in [2.05, 4.69) is 20.7 Å². The Kier molecular flexibility index (Phi) is 4.47. The van der Waals surface area contributed by atoms with E-state index in [1.807, 2.05) is 17.2 Å². The molecule has 22 heavy (non-hydrogen) atoms. The highest BCUT2D eigenvalue weighted by Gasteiger charge is 2.41. The van der Waals surface area contributed by atoms with E-state index in [0.29, 0.717) is 11.8 Å². The molecule has 2 aliphatic rings. The molecule has 3 rings (SSSR count). The van der Waals surface area contributed by atoms with Crippen molar-refractivity contribution in [3.63, 3.8) is 0 Å². The maximum Gasteiger partial charge on any atom is 0.306 e. The summed E-state index contributed by atoms with van der Waals surface area (Å²) in [6.45, 7) is 4.70. The average Bonchev–Trinajstić information content (AvgIpc) is 3.20. The summed E-state index contributed by atoms with van der Waals surface area (Å²) in [6.07, 6.45) is 2.40. The number of nitrogens with one attached hydrogen (secondary N) is 1. The first kappa shape index (κ1) is 15.1. The number of carbonyl (C=O) groups excluding carboxylic acids is 2. The number of esters is 1. The number of rotatable bonds is 5. The standard InChI is InChI=1S/C16H23N3O3/c1-22-16(21)5-4-15(20)19-9-12-7-18(8-13(12)10-19)11-14-3-2-6-17-14/h2-3,6,12-13,17H,4-5,7-11H2,1H3/t12-,13-/m1/s1. The van der Waals surface area contributed by atoms with Crippen molar-refractivity contribution in [3.05, 3.63) is 24.0 Å². The Labute approximate surface area is 130 Å². The Balaban J connectivity index is 1.45. The van der Waals surface area contributed by atoms with Gasteiger partial charge in [-0.25, -0.2) is 0 Å². The average molecular weight is 305 g/mol. The molecule has 2 atom stereocenters. The quantitative estimate of drug-likeness (QED) is 0.819. The second-order valence-corrected chi connectivity index (χ2v) is 6.28. The van der Waals surface area contributed by atoms with Crippen molar-refractivity contribution in [2.24, 2.45) is 11.8 Å². The zero-order valence-corrected chi connectivity index (χ0v) is 13.0. The van der Waals surface area contributed by atoms with Gasteiger partial charge in [0.2, 0.25) is 5.91 Å². The van der Waals surface area contributed by atoms with Crippen molar-refractivity contribution in [1.29, 1.82) is 0 Å². The number of fused-ring (bicyclic) bond motifs is 1. The van der Waals surface area contributed by atoms with E-state index in [4.69, 9.17) is 0 Å². The highest BCUT2D eigenvalue weighted by Crippen LogP contribution is 2.32. The van der Waals surface area contributed by atoms with Gasteiger partial charge in [-0.2, -0.15) is 0 Å². The number of hydrogen-bond donors (Lipinski definition) is 1. The minimum atomic E-state index is -0.315. The fourth-order valence-electron chi connectivity index (χ4n) is 3.60. The molecule has 3 heterocycles. The van der Waals surface area contributed by atoms with Gasteiger partial charge in [0.15, 0.2) is 0 Å². The summed E-state index contributed by atoms with van der Waals surface area (Å²) in [6, 6.07) is 4.13. The first-order valence-corrected chi connectivity index (χ1v) is 7.85. The fourth-order valence-corrected chi connectivity index (χ4v) is 3.60. The second-order valence-electron chi connectivity index (χ2n) is 6.28. The van der Waals surface area contributed by atoms with Crippen molar-refractivity contribution >= 4 is 11.9 Å². The minimum Gasteiger partial charge on any atom is -0.469 e. The number of H-pyrrole nitrogens is 1. The van der Waals surface area contributed by atoms with Crippen LogP contribution in [-0.2, 0) is 20.9 Å². The van der Waals surface area contributed by atoms with Crippen molar-refractivity contribution in [1.82, 2.24) is 14.8 Å². The number of likely N-dealkylation sites (tertiary alicyclic amines) is 2. The van der Waals surface area contributed by atoms with Crippen molar-refractivity contribution in [2.75, 3.05) is 33.3 Å². The topological polar surface area (TPSA) is 65.6 Å². The lowest BCUT2D eigenvalue weighted by atomic mass is 10.0. The van der Waals surface area contributed by atoms with E-state index in [1.54, 1.807) is 0 Å². The van der Waals surface area contributed by atoms with Gasteiger partial charge in [0, 0.05) is 51.0 Å². The van der Waals surface area contributed by atoms with Crippen molar-refractivity contribution in [2.45, 2.75) is 19.4 Å². The van der Waals surface area contributed by atoms with Gasteiger partial charge in [0.1, 0.15) is 0 Å². The SMILES string of the molecule is COC(=O)CCC(=O)N1C[C@H]2CN(Cc3ccc[nH]3)C[C@@H]2C1. The molecule has 6 nitrogen and oxygen atoms in total. The third-order valence-electron chi connectivity index (χ3n) is 4.74. The molecule has 0 radical (unpaired) electrons. The van der Waals surface area contributed by atoms with Gasteiger partial charge in [-0.05, 0) is 24.0 Å². The molecular weight excluding hydrogens is 282 g/mol. The lowest BCUT2D eigenvalue weighted by Crippen LogP contribution is -2.33. The van der Waals surface area contributed by atoms with E-state index in [1.165, 1.54) is 12.8 Å². The molecule has 1 N–H and O–H groups in total. The molecule has 120 valence electrons. The Hall–Kier alpha value is -1.82. The molecule has 1 aromatic rings. The second kappa shape index (κ2) is 6.52. The number of nitrogens with zero attached hydrogens (tertiary/aromatic N) is 2. The van der Waals surface area contributed by atoms with E-state index in [9.17, 15) is 9.59 Å². The molecule has 6 heteroatoms. The van der Waals surface area contributed by atoms with Crippen LogP contribution in [-0.4, -0.2) is 59.9 Å². The molecule has 0 spiro atoms. The van der Waals surface area contributed by atoms with Crippen LogP contribution in [0.5, 0.6) is 0 Å². The molecule has 2 aliphatic heterocycles. The van der Waals surface area contributed by atoms with E-state index >= 15 is 0 Å². The lowest BCUT2D eigenvalue weighted by Gasteiger charge is -2.21. The number of aromatic amines is 1. The smallest absolute Gasteiger partial charge is 0.306 e. The van der Waals surface area contributed by atoms with Crippen LogP contribution in [0.15, 0.2) is 18.3 Å². The van der Waals surface area contributed by atoms with Crippen molar-refractivity contribution in [3.8, 4) is 0 Å². The Morgan fingerprint density at radius 2 is 1.95 bits per heavy atom. The maximum absolute atomic E-state index is 12.1. The van der Waals surface area contributed by atoms with Gasteiger partial charge >= 0.3 is 5.97 Å². The number of methoxy groups -OCH3 is 1. The number of ether oxygens (including phenoxy) is 1. The summed E-state index contributed by atoms with van der Waals surface area (Å²) in [5.41, 5.74) is 1.24. The predicted octanol–water partition coefficient (Wildman–Crippen LogP) is 0.858. The molecule has 0 aliphatic carbocycles. The van der Waals surface area contributed by atoms with E-state index in [0.717, 1.165) is 32.7 Å². The summed E-state index contributed by atoms with van der Waals surface area (Å²) < 4.78 is 4.58. The van der Waals surface area contributed by atoms with Crippen LogP contribution in [0.4, 0.5) is 0 Å². The first-order valence-electron chi connectivity index (χ1n) is 7.85. The van der Waals surface area contributed by atoms with E-state index in [-0.39, 0.29) is 24.7 Å². The van der Waals surface area contributed by atoms with Crippen LogP contribution in [0.2, 0.25) is 0 Å². The molecule has 0 saturated carbocycles. The van der Waals surface area contributed by atoms with Gasteiger partial charge in [-0.3, -0.25) is 14.5 Å². The van der Waals surface area contributed by atoms with Crippen LogP contribution in [0.3, 0.4) is 0 Å².